The molecule has 2 aromatic carbocycles. The Labute approximate surface area is 246 Å². The van der Waals surface area contributed by atoms with Gasteiger partial charge in [-0.2, -0.15) is 4.31 Å². The number of carbonyl (C=O) groups excluding carboxylic acids is 1. The number of anilines is 1. The zero-order chi connectivity index (χ0) is 31.0. The van der Waals surface area contributed by atoms with E-state index >= 15 is 0 Å². The van der Waals surface area contributed by atoms with Gasteiger partial charge in [0.1, 0.15) is 22.4 Å². The lowest BCUT2D eigenvalue weighted by atomic mass is 9.99. The van der Waals surface area contributed by atoms with Crippen molar-refractivity contribution >= 4 is 31.6 Å². The molecule has 0 aliphatic carbocycles. The highest BCUT2D eigenvalue weighted by Gasteiger charge is 2.37. The summed E-state index contributed by atoms with van der Waals surface area (Å²) in [6, 6.07) is 10.1. The fraction of sp³-hybridized carbons (Fsp3) is 0.429. The van der Waals surface area contributed by atoms with E-state index in [1.807, 2.05) is 13.8 Å². The Bertz CT molecular complexity index is 1650. The van der Waals surface area contributed by atoms with Crippen molar-refractivity contribution in [2.24, 2.45) is 5.92 Å². The minimum Gasteiger partial charge on any atom is -0.488 e. The Morgan fingerprint density at radius 2 is 1.79 bits per heavy atom. The molecule has 4 rings (SSSR count). The van der Waals surface area contributed by atoms with Crippen LogP contribution in [-0.4, -0.2) is 81.1 Å². The van der Waals surface area contributed by atoms with Gasteiger partial charge < -0.3 is 19.3 Å². The molecule has 0 spiro atoms. The molecule has 228 valence electrons. The van der Waals surface area contributed by atoms with Gasteiger partial charge in [-0.25, -0.2) is 16.8 Å². The number of benzene rings is 2. The second-order valence-electron chi connectivity index (χ2n) is 10.7. The molecule has 42 heavy (non-hydrogen) atoms. The van der Waals surface area contributed by atoms with E-state index in [1.165, 1.54) is 49.2 Å². The van der Waals surface area contributed by atoms with Gasteiger partial charge in [-0.15, -0.1) is 0 Å². The van der Waals surface area contributed by atoms with Crippen LogP contribution in [0.2, 0.25) is 0 Å². The monoisotopic (exact) mass is 620 g/mol. The van der Waals surface area contributed by atoms with E-state index in [9.17, 15) is 26.7 Å². The number of aryl methyl sites for hydroxylation is 3. The highest BCUT2D eigenvalue weighted by Crippen LogP contribution is 2.32. The third kappa shape index (κ3) is 6.31. The lowest BCUT2D eigenvalue weighted by molar-refractivity contribution is 0.0387. The first kappa shape index (κ1) is 31.5. The molecule has 0 bridgehead atoms. The highest BCUT2D eigenvalue weighted by atomic mass is 32.2. The van der Waals surface area contributed by atoms with Gasteiger partial charge >= 0.3 is 0 Å². The third-order valence-corrected chi connectivity index (χ3v) is 10.8. The lowest BCUT2D eigenvalue weighted by Crippen LogP contribution is -2.50. The topological polar surface area (TPSA) is 159 Å². The molecule has 2 N–H and O–H groups in total. The maximum Gasteiger partial charge on any atom is 0.261 e. The van der Waals surface area contributed by atoms with Crippen LogP contribution >= 0.6 is 0 Å². The average Bonchev–Trinajstić information content (AvgIpc) is 3.28. The molecule has 0 radical (unpaired) electrons. The molecule has 0 saturated carbocycles. The first-order chi connectivity index (χ1) is 19.6. The maximum absolute atomic E-state index is 13.7. The summed E-state index contributed by atoms with van der Waals surface area (Å²) in [7, 11) is -6.50. The number of nitrogens with zero attached hydrogens (tertiary/aromatic N) is 3. The number of carbonyl (C=O) groups is 1. The van der Waals surface area contributed by atoms with Crippen molar-refractivity contribution in [3.05, 3.63) is 65.0 Å². The molecule has 0 unspecified atom stereocenters. The molecular weight excluding hydrogens is 584 g/mol. The summed E-state index contributed by atoms with van der Waals surface area (Å²) in [5.41, 5.74) is 1.37. The maximum atomic E-state index is 13.7. The molecular formula is C28H36N4O8S2. The Balaban J connectivity index is 1.69. The van der Waals surface area contributed by atoms with Crippen molar-refractivity contribution in [3.8, 4) is 5.75 Å². The molecule has 12 nitrogen and oxygen atoms in total. The highest BCUT2D eigenvalue weighted by molar-refractivity contribution is 7.92. The van der Waals surface area contributed by atoms with Gasteiger partial charge in [0.25, 0.3) is 15.9 Å². The summed E-state index contributed by atoms with van der Waals surface area (Å²) in [5, 5.41) is 13.7. The van der Waals surface area contributed by atoms with E-state index in [-0.39, 0.29) is 63.9 Å². The van der Waals surface area contributed by atoms with Crippen molar-refractivity contribution in [1.29, 1.82) is 0 Å². The molecule has 1 aliphatic rings. The second kappa shape index (κ2) is 12.0. The summed E-state index contributed by atoms with van der Waals surface area (Å²) in [4.78, 5) is 15.2. The van der Waals surface area contributed by atoms with Crippen LogP contribution in [0.25, 0.3) is 0 Å². The van der Waals surface area contributed by atoms with Gasteiger partial charge in [-0.3, -0.25) is 9.52 Å². The zero-order valence-electron chi connectivity index (χ0n) is 24.4. The first-order valence-corrected chi connectivity index (χ1v) is 16.3. The van der Waals surface area contributed by atoms with Gasteiger partial charge in [0.15, 0.2) is 5.76 Å². The van der Waals surface area contributed by atoms with Gasteiger partial charge in [-0.05, 0) is 58.0 Å². The number of hydrogen-bond acceptors (Lipinski definition) is 9. The van der Waals surface area contributed by atoms with Crippen LogP contribution in [0.5, 0.6) is 5.75 Å². The Morgan fingerprint density at radius 3 is 2.38 bits per heavy atom. The van der Waals surface area contributed by atoms with E-state index in [1.54, 1.807) is 26.0 Å². The predicted octanol–water partition coefficient (Wildman–Crippen LogP) is 2.94. The number of amides is 1. The number of aromatic nitrogens is 1. The molecule has 14 heteroatoms. The van der Waals surface area contributed by atoms with Crippen LogP contribution in [-0.2, 0) is 20.0 Å². The number of likely N-dealkylation sites (N-methyl/N-ethyl adjacent to an activating group) is 1. The number of ether oxygens (including phenoxy) is 1. The first-order valence-electron chi connectivity index (χ1n) is 13.4. The summed E-state index contributed by atoms with van der Waals surface area (Å²) in [5.74, 6) is -0.471. The lowest BCUT2D eigenvalue weighted by Gasteiger charge is -2.38. The molecule has 0 saturated heterocycles. The van der Waals surface area contributed by atoms with E-state index in [4.69, 9.17) is 9.26 Å². The molecule has 0 fully saturated rings. The van der Waals surface area contributed by atoms with Gasteiger partial charge in [0, 0.05) is 25.2 Å². The van der Waals surface area contributed by atoms with Crippen molar-refractivity contribution in [2.75, 3.05) is 31.5 Å². The molecule has 2 heterocycles. The van der Waals surface area contributed by atoms with Crippen molar-refractivity contribution in [1.82, 2.24) is 14.4 Å². The summed E-state index contributed by atoms with van der Waals surface area (Å²) in [6.07, 6.45) is -0.708. The van der Waals surface area contributed by atoms with E-state index < -0.39 is 38.1 Å². The smallest absolute Gasteiger partial charge is 0.261 e. The average molecular weight is 621 g/mol. The quantitative estimate of drug-likeness (QED) is 0.367. The van der Waals surface area contributed by atoms with Gasteiger partial charge in [-0.1, -0.05) is 29.8 Å². The van der Waals surface area contributed by atoms with Crippen molar-refractivity contribution in [2.45, 2.75) is 56.6 Å². The van der Waals surface area contributed by atoms with E-state index in [2.05, 4.69) is 9.88 Å². The van der Waals surface area contributed by atoms with Crippen molar-refractivity contribution in [3.63, 3.8) is 0 Å². The van der Waals surface area contributed by atoms with Crippen LogP contribution < -0.4 is 9.46 Å². The Kier molecular flexibility index (Phi) is 9.02. The third-order valence-electron chi connectivity index (χ3n) is 7.32. The van der Waals surface area contributed by atoms with Crippen molar-refractivity contribution < 1.29 is 36.0 Å². The standard InChI is InChI=1S/C28H36N4O8S2/c1-17-7-10-23(11-8-17)41(35,36)30-22-9-12-25-24(13-22)28(34)32(19(3)16-33)14-18(2)26(39-25)15-31(6)42(37,38)27-20(4)29-40-21(27)5/h7-13,18-19,26,30,33H,14-16H2,1-6H3/t18-,19-,26-/m1/s1. The molecule has 1 amide bonds. The molecule has 1 aromatic heterocycles. The minimum absolute atomic E-state index is 0.0138. The molecule has 3 atom stereocenters. The fourth-order valence-electron chi connectivity index (χ4n) is 4.79. The zero-order valence-corrected chi connectivity index (χ0v) is 26.0. The van der Waals surface area contributed by atoms with Crippen LogP contribution in [0.3, 0.4) is 0 Å². The predicted molar refractivity (Wildman–Crippen MR) is 155 cm³/mol. The number of sulfonamides is 2. The number of nitrogens with one attached hydrogen (secondary N) is 1. The van der Waals surface area contributed by atoms with Crippen LogP contribution in [0.1, 0.15) is 41.2 Å². The Hall–Kier alpha value is -3.46. The van der Waals surface area contributed by atoms with Gasteiger partial charge in [0.05, 0.1) is 29.7 Å². The van der Waals surface area contributed by atoms with Crippen LogP contribution in [0.4, 0.5) is 5.69 Å². The SMILES string of the molecule is Cc1ccc(S(=O)(=O)Nc2ccc3c(c2)C(=O)N([C@H](C)CO)C[C@@H](C)[C@@H](CN(C)S(=O)(=O)c2c(C)noc2C)O3)cc1. The summed E-state index contributed by atoms with van der Waals surface area (Å²) in [6.45, 7) is 8.23. The number of aliphatic hydroxyl groups excluding tert-OH is 1. The van der Waals surface area contributed by atoms with E-state index in [0.29, 0.717) is 0 Å². The fourth-order valence-corrected chi connectivity index (χ4v) is 7.30. The normalized spacial score (nSPS) is 18.7. The molecule has 3 aromatic rings. The second-order valence-corrected chi connectivity index (χ2v) is 14.4. The number of aliphatic hydroxyl groups is 1. The van der Waals surface area contributed by atoms with Gasteiger partial charge in [0.2, 0.25) is 10.0 Å². The van der Waals surface area contributed by atoms with Crippen LogP contribution in [0, 0.1) is 26.7 Å². The minimum atomic E-state index is -3.98. The molecule has 1 aliphatic heterocycles. The summed E-state index contributed by atoms with van der Waals surface area (Å²) >= 11 is 0. The number of fused-ring (bicyclic) bond motifs is 1. The largest absolute Gasteiger partial charge is 0.488 e. The van der Waals surface area contributed by atoms with E-state index in [0.717, 1.165) is 9.87 Å². The number of rotatable bonds is 9. The van der Waals surface area contributed by atoms with Crippen LogP contribution in [0.15, 0.2) is 56.8 Å². The number of hydrogen-bond donors (Lipinski definition) is 2. The summed E-state index contributed by atoms with van der Waals surface area (Å²) < 4.78 is 67.9. The Morgan fingerprint density at radius 1 is 1.12 bits per heavy atom.